The fraction of sp³-hybridized carbons (Fsp3) is 0.588. The maximum absolute atomic E-state index is 11.0. The van der Waals surface area contributed by atoms with Gasteiger partial charge in [0.25, 0.3) is 0 Å². The van der Waals surface area contributed by atoms with E-state index in [0.29, 0.717) is 0 Å². The number of carbonyl (C=O) groups excluding carboxylic acids is 1. The highest BCUT2D eigenvalue weighted by atomic mass is 16.1. The first kappa shape index (κ1) is 16.0. The minimum Gasteiger partial charge on any atom is -0.326 e. The van der Waals surface area contributed by atoms with Crippen molar-refractivity contribution in [2.75, 3.05) is 31.5 Å². The number of benzene rings is 1. The van der Waals surface area contributed by atoms with E-state index in [1.807, 2.05) is 12.1 Å². The van der Waals surface area contributed by atoms with Crippen molar-refractivity contribution in [3.05, 3.63) is 29.8 Å². The SMILES string of the molecule is CCN(Cc1ccc(NC(C)=O)cc1)CC1CCNCC1. The molecule has 1 aromatic rings. The molecule has 0 atom stereocenters. The smallest absolute Gasteiger partial charge is 0.221 e. The Labute approximate surface area is 127 Å². The van der Waals surface area contributed by atoms with Gasteiger partial charge in [0.05, 0.1) is 0 Å². The van der Waals surface area contributed by atoms with E-state index >= 15 is 0 Å². The fourth-order valence-electron chi connectivity index (χ4n) is 2.89. The maximum atomic E-state index is 11.0. The fourth-order valence-corrected chi connectivity index (χ4v) is 2.89. The van der Waals surface area contributed by atoms with Crippen molar-refractivity contribution in [3.8, 4) is 0 Å². The number of hydrogen-bond acceptors (Lipinski definition) is 3. The lowest BCUT2D eigenvalue weighted by molar-refractivity contribution is -0.114. The molecular weight excluding hydrogens is 262 g/mol. The zero-order valence-electron chi connectivity index (χ0n) is 13.2. The Kier molecular flexibility index (Phi) is 6.21. The van der Waals surface area contributed by atoms with Crippen LogP contribution in [0.3, 0.4) is 0 Å². The molecular formula is C17H27N3O. The number of amides is 1. The van der Waals surface area contributed by atoms with E-state index in [-0.39, 0.29) is 5.91 Å². The Morgan fingerprint density at radius 2 is 1.95 bits per heavy atom. The Hall–Kier alpha value is -1.39. The minimum absolute atomic E-state index is 0.0242. The highest BCUT2D eigenvalue weighted by molar-refractivity contribution is 5.88. The maximum Gasteiger partial charge on any atom is 0.221 e. The number of piperidine rings is 1. The molecule has 21 heavy (non-hydrogen) atoms. The van der Waals surface area contributed by atoms with Crippen molar-refractivity contribution in [2.24, 2.45) is 5.92 Å². The summed E-state index contributed by atoms with van der Waals surface area (Å²) in [5, 5.41) is 6.23. The van der Waals surface area contributed by atoms with Gasteiger partial charge in [-0.25, -0.2) is 0 Å². The number of rotatable bonds is 6. The minimum atomic E-state index is -0.0242. The predicted octanol–water partition coefficient (Wildman–Crippen LogP) is 2.47. The molecule has 1 aromatic carbocycles. The highest BCUT2D eigenvalue weighted by Gasteiger charge is 2.16. The monoisotopic (exact) mass is 289 g/mol. The van der Waals surface area contributed by atoms with E-state index in [1.54, 1.807) is 0 Å². The molecule has 0 bridgehead atoms. The molecule has 0 aliphatic carbocycles. The molecule has 1 fully saturated rings. The third-order valence-corrected chi connectivity index (χ3v) is 4.10. The molecule has 1 amide bonds. The number of hydrogen-bond donors (Lipinski definition) is 2. The summed E-state index contributed by atoms with van der Waals surface area (Å²) in [5.74, 6) is 0.800. The van der Waals surface area contributed by atoms with Crippen LogP contribution in [-0.2, 0) is 11.3 Å². The first-order chi connectivity index (χ1) is 10.2. The summed E-state index contributed by atoms with van der Waals surface area (Å²) in [5.41, 5.74) is 2.17. The summed E-state index contributed by atoms with van der Waals surface area (Å²) in [4.78, 5) is 13.5. The van der Waals surface area contributed by atoms with Gasteiger partial charge in [-0.3, -0.25) is 9.69 Å². The number of carbonyl (C=O) groups is 1. The zero-order chi connectivity index (χ0) is 15.1. The molecule has 0 aromatic heterocycles. The van der Waals surface area contributed by atoms with Gasteiger partial charge in [-0.1, -0.05) is 19.1 Å². The molecule has 0 unspecified atom stereocenters. The summed E-state index contributed by atoms with van der Waals surface area (Å²) in [6, 6.07) is 8.18. The lowest BCUT2D eigenvalue weighted by Gasteiger charge is -2.29. The van der Waals surface area contributed by atoms with Crippen molar-refractivity contribution in [1.29, 1.82) is 0 Å². The van der Waals surface area contributed by atoms with Crippen molar-refractivity contribution < 1.29 is 4.79 Å². The van der Waals surface area contributed by atoms with Gasteiger partial charge in [-0.05, 0) is 56.1 Å². The Balaban J connectivity index is 1.86. The van der Waals surface area contributed by atoms with Crippen LogP contribution in [0.5, 0.6) is 0 Å². The second-order valence-corrected chi connectivity index (χ2v) is 5.90. The third kappa shape index (κ3) is 5.48. The quantitative estimate of drug-likeness (QED) is 0.845. The molecule has 1 aliphatic rings. The molecule has 1 aliphatic heterocycles. The van der Waals surface area contributed by atoms with Crippen LogP contribution < -0.4 is 10.6 Å². The third-order valence-electron chi connectivity index (χ3n) is 4.10. The molecule has 1 heterocycles. The lowest BCUT2D eigenvalue weighted by Crippen LogP contribution is -2.35. The van der Waals surface area contributed by atoms with Crippen LogP contribution in [0.25, 0.3) is 0 Å². The second kappa shape index (κ2) is 8.15. The standard InChI is InChI=1S/C17H27N3O/c1-3-20(13-16-8-10-18-11-9-16)12-15-4-6-17(7-5-15)19-14(2)21/h4-7,16,18H,3,8-13H2,1-2H3,(H,19,21). The van der Waals surface area contributed by atoms with Crippen LogP contribution in [0.15, 0.2) is 24.3 Å². The largest absolute Gasteiger partial charge is 0.326 e. The van der Waals surface area contributed by atoms with E-state index in [1.165, 1.54) is 31.9 Å². The zero-order valence-corrected chi connectivity index (χ0v) is 13.2. The lowest BCUT2D eigenvalue weighted by atomic mass is 9.97. The summed E-state index contributed by atoms with van der Waals surface area (Å²) in [6.45, 7) is 9.34. The Morgan fingerprint density at radius 1 is 1.29 bits per heavy atom. The summed E-state index contributed by atoms with van der Waals surface area (Å²) < 4.78 is 0. The van der Waals surface area contributed by atoms with E-state index < -0.39 is 0 Å². The van der Waals surface area contributed by atoms with Gasteiger partial charge >= 0.3 is 0 Å². The number of nitrogens with one attached hydrogen (secondary N) is 2. The average molecular weight is 289 g/mol. The first-order valence-corrected chi connectivity index (χ1v) is 7.97. The van der Waals surface area contributed by atoms with Crippen molar-refractivity contribution in [2.45, 2.75) is 33.2 Å². The van der Waals surface area contributed by atoms with Gasteiger partial charge in [-0.15, -0.1) is 0 Å². The first-order valence-electron chi connectivity index (χ1n) is 7.97. The van der Waals surface area contributed by atoms with Crippen LogP contribution in [0, 0.1) is 5.92 Å². The van der Waals surface area contributed by atoms with Gasteiger partial charge < -0.3 is 10.6 Å². The van der Waals surface area contributed by atoms with E-state index in [2.05, 4.69) is 34.6 Å². The molecule has 4 nitrogen and oxygen atoms in total. The number of nitrogens with zero attached hydrogens (tertiary/aromatic N) is 1. The second-order valence-electron chi connectivity index (χ2n) is 5.90. The molecule has 2 N–H and O–H groups in total. The normalized spacial score (nSPS) is 16.1. The van der Waals surface area contributed by atoms with Gasteiger partial charge in [0, 0.05) is 25.7 Å². The number of anilines is 1. The van der Waals surface area contributed by atoms with Gasteiger partial charge in [0.1, 0.15) is 0 Å². The molecule has 4 heteroatoms. The summed E-state index contributed by atoms with van der Waals surface area (Å²) >= 11 is 0. The van der Waals surface area contributed by atoms with Gasteiger partial charge in [0.2, 0.25) is 5.91 Å². The van der Waals surface area contributed by atoms with Crippen LogP contribution in [0.4, 0.5) is 5.69 Å². The summed E-state index contributed by atoms with van der Waals surface area (Å²) in [7, 11) is 0. The van der Waals surface area contributed by atoms with Crippen LogP contribution in [0.2, 0.25) is 0 Å². The van der Waals surface area contributed by atoms with E-state index in [0.717, 1.165) is 37.8 Å². The van der Waals surface area contributed by atoms with E-state index in [4.69, 9.17) is 0 Å². The predicted molar refractivity (Wildman–Crippen MR) is 87.3 cm³/mol. The topological polar surface area (TPSA) is 44.4 Å². The van der Waals surface area contributed by atoms with Crippen LogP contribution >= 0.6 is 0 Å². The van der Waals surface area contributed by atoms with Crippen LogP contribution in [-0.4, -0.2) is 37.0 Å². The molecule has 116 valence electrons. The summed E-state index contributed by atoms with van der Waals surface area (Å²) in [6.07, 6.45) is 2.58. The average Bonchev–Trinajstić information content (AvgIpc) is 2.49. The Morgan fingerprint density at radius 3 is 2.52 bits per heavy atom. The van der Waals surface area contributed by atoms with Crippen molar-refractivity contribution in [3.63, 3.8) is 0 Å². The molecule has 0 saturated carbocycles. The van der Waals surface area contributed by atoms with Crippen molar-refractivity contribution in [1.82, 2.24) is 10.2 Å². The van der Waals surface area contributed by atoms with Crippen molar-refractivity contribution >= 4 is 11.6 Å². The molecule has 2 rings (SSSR count). The van der Waals surface area contributed by atoms with Gasteiger partial charge in [0.15, 0.2) is 0 Å². The van der Waals surface area contributed by atoms with E-state index in [9.17, 15) is 4.79 Å². The van der Waals surface area contributed by atoms with Crippen LogP contribution in [0.1, 0.15) is 32.3 Å². The highest BCUT2D eigenvalue weighted by Crippen LogP contribution is 2.16. The van der Waals surface area contributed by atoms with Gasteiger partial charge in [-0.2, -0.15) is 0 Å². The molecule has 0 radical (unpaired) electrons. The molecule has 1 saturated heterocycles. The Bertz CT molecular complexity index is 438. The molecule has 0 spiro atoms.